The summed E-state index contributed by atoms with van der Waals surface area (Å²) in [4.78, 5) is 18.8. The number of aliphatic hydroxyl groups excluding tert-OH is 1. The molecule has 1 heterocycles. The highest BCUT2D eigenvalue weighted by Crippen LogP contribution is 2.15. The standard InChI is InChI=1S/C24H33N5O2.HI/c1-2-25-23(27-17-21(18-30)20-10-4-3-5-11-20)26-16-19-9-8-12-22(15-19)28-24(31)29-13-6-7-14-29;/h3-5,8-12,15,21,30H,2,6-7,13-14,16-18H2,1H3,(H,28,31)(H2,25,26,27);1H. The Hall–Kier alpha value is -2.33. The van der Waals surface area contributed by atoms with Crippen molar-refractivity contribution in [1.29, 1.82) is 0 Å². The van der Waals surface area contributed by atoms with Crippen LogP contribution in [0.3, 0.4) is 0 Å². The zero-order chi connectivity index (χ0) is 21.9. The summed E-state index contributed by atoms with van der Waals surface area (Å²) in [7, 11) is 0. The average Bonchev–Trinajstić information content (AvgIpc) is 3.34. The molecule has 0 radical (unpaired) electrons. The molecule has 7 nitrogen and oxygen atoms in total. The van der Waals surface area contributed by atoms with Crippen LogP contribution in [0.25, 0.3) is 0 Å². The molecule has 1 aliphatic rings. The molecule has 0 spiro atoms. The summed E-state index contributed by atoms with van der Waals surface area (Å²) in [6.07, 6.45) is 2.15. The van der Waals surface area contributed by atoms with E-state index in [4.69, 9.17) is 0 Å². The third kappa shape index (κ3) is 7.98. The summed E-state index contributed by atoms with van der Waals surface area (Å²) in [5.74, 6) is 0.692. The highest BCUT2D eigenvalue weighted by atomic mass is 127. The van der Waals surface area contributed by atoms with Crippen molar-refractivity contribution in [3.63, 3.8) is 0 Å². The predicted molar refractivity (Wildman–Crippen MR) is 141 cm³/mol. The van der Waals surface area contributed by atoms with Crippen LogP contribution in [0, 0.1) is 0 Å². The number of nitrogens with zero attached hydrogens (tertiary/aromatic N) is 2. The Morgan fingerprint density at radius 1 is 1.09 bits per heavy atom. The minimum atomic E-state index is -0.0379. The minimum absolute atomic E-state index is 0. The minimum Gasteiger partial charge on any atom is -0.396 e. The summed E-state index contributed by atoms with van der Waals surface area (Å²) in [6.45, 7) is 5.54. The zero-order valence-electron chi connectivity index (χ0n) is 18.6. The number of urea groups is 1. The Labute approximate surface area is 207 Å². The number of hydrogen-bond donors (Lipinski definition) is 4. The average molecular weight is 551 g/mol. The van der Waals surface area contributed by atoms with Gasteiger partial charge in [0.15, 0.2) is 5.96 Å². The van der Waals surface area contributed by atoms with Gasteiger partial charge in [0.1, 0.15) is 0 Å². The molecule has 1 aliphatic heterocycles. The number of benzene rings is 2. The van der Waals surface area contributed by atoms with Gasteiger partial charge in [0, 0.05) is 37.8 Å². The first-order valence-corrected chi connectivity index (χ1v) is 11.0. The summed E-state index contributed by atoms with van der Waals surface area (Å²) in [6, 6.07) is 17.7. The lowest BCUT2D eigenvalue weighted by atomic mass is 10.0. The van der Waals surface area contributed by atoms with Crippen LogP contribution in [-0.4, -0.2) is 54.8 Å². The molecule has 1 saturated heterocycles. The van der Waals surface area contributed by atoms with E-state index in [1.807, 2.05) is 66.4 Å². The summed E-state index contributed by atoms with van der Waals surface area (Å²) < 4.78 is 0. The van der Waals surface area contributed by atoms with E-state index in [0.717, 1.165) is 49.3 Å². The number of halogens is 1. The molecular weight excluding hydrogens is 517 g/mol. The highest BCUT2D eigenvalue weighted by molar-refractivity contribution is 14.0. The van der Waals surface area contributed by atoms with Crippen molar-refractivity contribution >= 4 is 41.7 Å². The first kappa shape index (κ1) is 25.9. The monoisotopic (exact) mass is 551 g/mol. The first-order valence-electron chi connectivity index (χ1n) is 11.0. The zero-order valence-corrected chi connectivity index (χ0v) is 20.9. The Bertz CT molecular complexity index is 856. The number of aliphatic imine (C=N–C) groups is 1. The van der Waals surface area contributed by atoms with Gasteiger partial charge in [-0.3, -0.25) is 0 Å². The SMILES string of the molecule is CCNC(=NCc1cccc(NC(=O)N2CCCC2)c1)NCC(CO)c1ccccc1.I. The molecule has 0 aromatic heterocycles. The molecule has 2 amide bonds. The third-order valence-electron chi connectivity index (χ3n) is 5.34. The molecule has 0 aliphatic carbocycles. The fourth-order valence-electron chi connectivity index (χ4n) is 3.62. The lowest BCUT2D eigenvalue weighted by molar-refractivity contribution is 0.222. The summed E-state index contributed by atoms with van der Waals surface area (Å²) in [5, 5.41) is 19.3. The van der Waals surface area contributed by atoms with Gasteiger partial charge < -0.3 is 26.0 Å². The van der Waals surface area contributed by atoms with Gasteiger partial charge in [-0.25, -0.2) is 9.79 Å². The van der Waals surface area contributed by atoms with Crippen LogP contribution in [-0.2, 0) is 6.54 Å². The second kappa shape index (κ2) is 13.9. The van der Waals surface area contributed by atoms with Crippen LogP contribution in [0.1, 0.15) is 36.8 Å². The second-order valence-electron chi connectivity index (χ2n) is 7.69. The van der Waals surface area contributed by atoms with Gasteiger partial charge in [-0.05, 0) is 43.0 Å². The lowest BCUT2D eigenvalue weighted by Gasteiger charge is -2.18. The molecule has 32 heavy (non-hydrogen) atoms. The van der Waals surface area contributed by atoms with Crippen LogP contribution in [0.5, 0.6) is 0 Å². The van der Waals surface area contributed by atoms with Gasteiger partial charge >= 0.3 is 6.03 Å². The van der Waals surface area contributed by atoms with Gasteiger partial charge in [0.2, 0.25) is 0 Å². The number of aliphatic hydroxyl groups is 1. The van der Waals surface area contributed by atoms with Crippen molar-refractivity contribution in [2.24, 2.45) is 4.99 Å². The van der Waals surface area contributed by atoms with Crippen LogP contribution in [0.4, 0.5) is 10.5 Å². The van der Waals surface area contributed by atoms with Gasteiger partial charge in [0.05, 0.1) is 13.2 Å². The molecule has 2 aromatic carbocycles. The number of likely N-dealkylation sites (tertiary alicyclic amines) is 1. The molecule has 1 unspecified atom stereocenters. The van der Waals surface area contributed by atoms with E-state index in [2.05, 4.69) is 20.9 Å². The normalized spacial score (nSPS) is 14.4. The van der Waals surface area contributed by atoms with Gasteiger partial charge in [-0.15, -0.1) is 24.0 Å². The van der Waals surface area contributed by atoms with E-state index in [0.29, 0.717) is 19.0 Å². The van der Waals surface area contributed by atoms with Gasteiger partial charge in [-0.2, -0.15) is 0 Å². The molecule has 0 bridgehead atoms. The van der Waals surface area contributed by atoms with Crippen LogP contribution < -0.4 is 16.0 Å². The Balaban J connectivity index is 0.00000363. The number of guanidine groups is 1. The molecular formula is C24H34IN5O2. The maximum absolute atomic E-state index is 12.3. The largest absolute Gasteiger partial charge is 0.396 e. The molecule has 0 saturated carbocycles. The highest BCUT2D eigenvalue weighted by Gasteiger charge is 2.17. The van der Waals surface area contributed by atoms with E-state index in [1.165, 1.54) is 0 Å². The Morgan fingerprint density at radius 2 is 1.84 bits per heavy atom. The summed E-state index contributed by atoms with van der Waals surface area (Å²) >= 11 is 0. The maximum Gasteiger partial charge on any atom is 0.321 e. The second-order valence-corrected chi connectivity index (χ2v) is 7.69. The molecule has 2 aromatic rings. The van der Waals surface area contributed by atoms with Gasteiger partial charge in [0.25, 0.3) is 0 Å². The Kier molecular flexibility index (Phi) is 11.3. The molecule has 8 heteroatoms. The van der Waals surface area contributed by atoms with E-state index < -0.39 is 0 Å². The molecule has 4 N–H and O–H groups in total. The van der Waals surface area contributed by atoms with Crippen molar-refractivity contribution in [1.82, 2.24) is 15.5 Å². The van der Waals surface area contributed by atoms with E-state index in [9.17, 15) is 9.90 Å². The molecule has 174 valence electrons. The number of carbonyl (C=O) groups is 1. The number of anilines is 1. The van der Waals surface area contributed by atoms with Crippen molar-refractivity contribution in [2.45, 2.75) is 32.2 Å². The fraction of sp³-hybridized carbons (Fsp3) is 0.417. The number of rotatable bonds is 8. The topological polar surface area (TPSA) is 89.0 Å². The Morgan fingerprint density at radius 3 is 2.53 bits per heavy atom. The number of carbonyl (C=O) groups excluding carboxylic acids is 1. The number of hydrogen-bond acceptors (Lipinski definition) is 3. The van der Waals surface area contributed by atoms with Crippen molar-refractivity contribution in [2.75, 3.05) is 38.1 Å². The molecule has 1 fully saturated rings. The van der Waals surface area contributed by atoms with Crippen LogP contribution in [0.15, 0.2) is 59.6 Å². The number of nitrogens with one attached hydrogen (secondary N) is 3. The fourth-order valence-corrected chi connectivity index (χ4v) is 3.62. The quantitative estimate of drug-likeness (QED) is 0.229. The third-order valence-corrected chi connectivity index (χ3v) is 5.34. The van der Waals surface area contributed by atoms with E-state index >= 15 is 0 Å². The van der Waals surface area contributed by atoms with E-state index in [1.54, 1.807) is 0 Å². The van der Waals surface area contributed by atoms with Crippen molar-refractivity contribution in [3.8, 4) is 0 Å². The first-order chi connectivity index (χ1) is 15.2. The van der Waals surface area contributed by atoms with Crippen molar-refractivity contribution in [3.05, 3.63) is 65.7 Å². The maximum atomic E-state index is 12.3. The summed E-state index contributed by atoms with van der Waals surface area (Å²) in [5.41, 5.74) is 2.89. The van der Waals surface area contributed by atoms with Crippen molar-refractivity contribution < 1.29 is 9.90 Å². The predicted octanol–water partition coefficient (Wildman–Crippen LogP) is 3.76. The van der Waals surface area contributed by atoms with Gasteiger partial charge in [-0.1, -0.05) is 42.5 Å². The molecule has 3 rings (SSSR count). The van der Waals surface area contributed by atoms with Crippen LogP contribution in [0.2, 0.25) is 0 Å². The number of amides is 2. The lowest BCUT2D eigenvalue weighted by Crippen LogP contribution is -2.39. The van der Waals surface area contributed by atoms with E-state index in [-0.39, 0.29) is 42.5 Å². The van der Waals surface area contributed by atoms with Crippen LogP contribution >= 0.6 is 24.0 Å². The molecule has 1 atom stereocenters. The smallest absolute Gasteiger partial charge is 0.321 e.